The fourth-order valence-corrected chi connectivity index (χ4v) is 3.91. The van der Waals surface area contributed by atoms with Gasteiger partial charge < -0.3 is 14.5 Å². The van der Waals surface area contributed by atoms with Crippen LogP contribution >= 0.6 is 0 Å². The molecule has 3 rings (SSSR count). The summed E-state index contributed by atoms with van der Waals surface area (Å²) in [5, 5.41) is 0. The van der Waals surface area contributed by atoms with E-state index in [1.54, 1.807) is 7.11 Å². The van der Waals surface area contributed by atoms with Gasteiger partial charge >= 0.3 is 0 Å². The third kappa shape index (κ3) is 2.98. The first-order chi connectivity index (χ1) is 10.6. The molecule has 0 radical (unpaired) electrons. The Morgan fingerprint density at radius 2 is 1.82 bits per heavy atom. The van der Waals surface area contributed by atoms with Gasteiger partial charge in [-0.2, -0.15) is 0 Å². The standard InChI is InChI=1S/C18H26N2O2/c1-19-11-3-8-18(19)9-12-20(13-10-18)17(21)14-15-4-6-16(22-2)7-5-15/h4-7H,3,8-14H2,1-2H3. The van der Waals surface area contributed by atoms with Crippen molar-refractivity contribution in [1.82, 2.24) is 9.80 Å². The number of piperidine rings is 1. The molecule has 1 aromatic rings. The van der Waals surface area contributed by atoms with E-state index in [2.05, 4.69) is 11.9 Å². The average molecular weight is 302 g/mol. The summed E-state index contributed by atoms with van der Waals surface area (Å²) in [6, 6.07) is 7.79. The summed E-state index contributed by atoms with van der Waals surface area (Å²) in [6.45, 7) is 3.01. The molecule has 0 N–H and O–H groups in total. The molecule has 2 aliphatic rings. The number of amides is 1. The summed E-state index contributed by atoms with van der Waals surface area (Å²) in [5.74, 6) is 1.08. The second kappa shape index (κ2) is 6.29. The van der Waals surface area contributed by atoms with Gasteiger partial charge in [-0.3, -0.25) is 4.79 Å². The van der Waals surface area contributed by atoms with Crippen molar-refractivity contribution in [2.45, 2.75) is 37.6 Å². The lowest BCUT2D eigenvalue weighted by Gasteiger charge is -2.43. The van der Waals surface area contributed by atoms with Crippen LogP contribution in [0, 0.1) is 0 Å². The highest BCUT2D eigenvalue weighted by molar-refractivity contribution is 5.79. The molecule has 22 heavy (non-hydrogen) atoms. The van der Waals surface area contributed by atoms with E-state index in [0.717, 1.165) is 37.2 Å². The molecule has 0 saturated carbocycles. The summed E-state index contributed by atoms with van der Waals surface area (Å²) >= 11 is 0. The van der Waals surface area contributed by atoms with Gasteiger partial charge in [-0.05, 0) is 57.0 Å². The van der Waals surface area contributed by atoms with E-state index < -0.39 is 0 Å². The first-order valence-corrected chi connectivity index (χ1v) is 8.25. The van der Waals surface area contributed by atoms with Crippen molar-refractivity contribution in [3.8, 4) is 5.75 Å². The number of methoxy groups -OCH3 is 1. The average Bonchev–Trinajstić information content (AvgIpc) is 2.89. The second-order valence-electron chi connectivity index (χ2n) is 6.66. The SMILES string of the molecule is COc1ccc(CC(=O)N2CCC3(CCCN3C)CC2)cc1. The molecular formula is C18H26N2O2. The summed E-state index contributed by atoms with van der Waals surface area (Å²) in [4.78, 5) is 17.0. The largest absolute Gasteiger partial charge is 0.497 e. The molecule has 2 aliphatic heterocycles. The monoisotopic (exact) mass is 302 g/mol. The number of ether oxygens (including phenoxy) is 1. The van der Waals surface area contributed by atoms with Gasteiger partial charge in [0, 0.05) is 18.6 Å². The zero-order valence-electron chi connectivity index (χ0n) is 13.7. The Labute approximate surface area is 133 Å². The highest BCUT2D eigenvalue weighted by Crippen LogP contribution is 2.37. The molecular weight excluding hydrogens is 276 g/mol. The van der Waals surface area contributed by atoms with E-state index >= 15 is 0 Å². The van der Waals surface area contributed by atoms with Crippen LogP contribution in [0.4, 0.5) is 0 Å². The van der Waals surface area contributed by atoms with E-state index in [4.69, 9.17) is 4.74 Å². The Morgan fingerprint density at radius 3 is 2.36 bits per heavy atom. The molecule has 4 nitrogen and oxygen atoms in total. The van der Waals surface area contributed by atoms with Crippen LogP contribution in [-0.2, 0) is 11.2 Å². The van der Waals surface area contributed by atoms with Crippen molar-refractivity contribution in [1.29, 1.82) is 0 Å². The topological polar surface area (TPSA) is 32.8 Å². The number of hydrogen-bond donors (Lipinski definition) is 0. The predicted molar refractivity (Wildman–Crippen MR) is 87.1 cm³/mol. The zero-order chi connectivity index (χ0) is 15.6. The van der Waals surface area contributed by atoms with E-state index in [-0.39, 0.29) is 5.91 Å². The van der Waals surface area contributed by atoms with Gasteiger partial charge in [0.25, 0.3) is 0 Å². The summed E-state index contributed by atoms with van der Waals surface area (Å²) in [6.07, 6.45) is 5.34. The third-order valence-electron chi connectivity index (χ3n) is 5.51. The number of carbonyl (C=O) groups excluding carboxylic acids is 1. The van der Waals surface area contributed by atoms with Gasteiger partial charge in [-0.1, -0.05) is 12.1 Å². The molecule has 1 aromatic carbocycles. The molecule has 0 atom stereocenters. The van der Waals surface area contributed by atoms with E-state index in [9.17, 15) is 4.79 Å². The minimum atomic E-state index is 0.251. The van der Waals surface area contributed by atoms with Crippen molar-refractivity contribution >= 4 is 5.91 Å². The quantitative estimate of drug-likeness (QED) is 0.859. The number of likely N-dealkylation sites (tertiary alicyclic amines) is 2. The first-order valence-electron chi connectivity index (χ1n) is 8.25. The molecule has 1 amide bonds. The maximum atomic E-state index is 12.5. The van der Waals surface area contributed by atoms with Gasteiger partial charge in [-0.15, -0.1) is 0 Å². The summed E-state index contributed by atoms with van der Waals surface area (Å²) in [7, 11) is 3.89. The summed E-state index contributed by atoms with van der Waals surface area (Å²) in [5.41, 5.74) is 1.43. The number of benzene rings is 1. The number of carbonyl (C=O) groups is 1. The van der Waals surface area contributed by atoms with Crippen LogP contribution in [-0.4, -0.2) is 55.0 Å². The molecule has 0 unspecified atom stereocenters. The van der Waals surface area contributed by atoms with Gasteiger partial charge in [0.05, 0.1) is 13.5 Å². The Balaban J connectivity index is 1.55. The van der Waals surface area contributed by atoms with Crippen LogP contribution in [0.3, 0.4) is 0 Å². The van der Waals surface area contributed by atoms with Crippen molar-refractivity contribution in [2.75, 3.05) is 33.8 Å². The number of nitrogens with zero attached hydrogens (tertiary/aromatic N) is 2. The first kappa shape index (κ1) is 15.3. The minimum Gasteiger partial charge on any atom is -0.497 e. The maximum Gasteiger partial charge on any atom is 0.226 e. The van der Waals surface area contributed by atoms with Gasteiger partial charge in [0.1, 0.15) is 5.75 Å². The Hall–Kier alpha value is -1.55. The third-order valence-corrected chi connectivity index (χ3v) is 5.51. The smallest absolute Gasteiger partial charge is 0.226 e. The fourth-order valence-electron chi connectivity index (χ4n) is 3.91. The van der Waals surface area contributed by atoms with Crippen molar-refractivity contribution in [2.24, 2.45) is 0 Å². The van der Waals surface area contributed by atoms with E-state index in [1.807, 2.05) is 29.2 Å². The molecule has 0 aliphatic carbocycles. The Kier molecular flexibility index (Phi) is 4.39. The van der Waals surface area contributed by atoms with Crippen LogP contribution in [0.2, 0.25) is 0 Å². The Morgan fingerprint density at radius 1 is 1.14 bits per heavy atom. The molecule has 120 valence electrons. The van der Waals surface area contributed by atoms with Crippen LogP contribution in [0.25, 0.3) is 0 Å². The molecule has 1 spiro atoms. The lowest BCUT2D eigenvalue weighted by Crippen LogP contribution is -2.52. The second-order valence-corrected chi connectivity index (χ2v) is 6.66. The molecule has 0 aromatic heterocycles. The molecule has 0 bridgehead atoms. The molecule has 2 saturated heterocycles. The maximum absolute atomic E-state index is 12.5. The number of rotatable bonds is 3. The van der Waals surface area contributed by atoms with E-state index in [1.165, 1.54) is 19.4 Å². The van der Waals surface area contributed by atoms with Gasteiger partial charge in [0.2, 0.25) is 5.91 Å². The highest BCUT2D eigenvalue weighted by Gasteiger charge is 2.41. The highest BCUT2D eigenvalue weighted by atomic mass is 16.5. The normalized spacial score (nSPS) is 21.3. The van der Waals surface area contributed by atoms with Gasteiger partial charge in [0.15, 0.2) is 0 Å². The zero-order valence-corrected chi connectivity index (χ0v) is 13.7. The fraction of sp³-hybridized carbons (Fsp3) is 0.611. The van der Waals surface area contributed by atoms with Crippen molar-refractivity contribution < 1.29 is 9.53 Å². The van der Waals surface area contributed by atoms with Crippen LogP contribution in [0.5, 0.6) is 5.75 Å². The predicted octanol–water partition coefficient (Wildman–Crippen LogP) is 2.32. The Bertz CT molecular complexity index is 518. The lowest BCUT2D eigenvalue weighted by atomic mass is 9.85. The summed E-state index contributed by atoms with van der Waals surface area (Å²) < 4.78 is 5.15. The van der Waals surface area contributed by atoms with Crippen LogP contribution in [0.1, 0.15) is 31.2 Å². The van der Waals surface area contributed by atoms with Crippen molar-refractivity contribution in [3.63, 3.8) is 0 Å². The van der Waals surface area contributed by atoms with E-state index in [0.29, 0.717) is 12.0 Å². The molecule has 2 fully saturated rings. The number of hydrogen-bond acceptors (Lipinski definition) is 3. The van der Waals surface area contributed by atoms with Crippen LogP contribution < -0.4 is 4.74 Å². The van der Waals surface area contributed by atoms with Crippen molar-refractivity contribution in [3.05, 3.63) is 29.8 Å². The molecule has 2 heterocycles. The lowest BCUT2D eigenvalue weighted by molar-refractivity contribution is -0.132. The van der Waals surface area contributed by atoms with Gasteiger partial charge in [-0.25, -0.2) is 0 Å². The minimum absolute atomic E-state index is 0.251. The molecule has 4 heteroatoms. The van der Waals surface area contributed by atoms with Crippen LogP contribution in [0.15, 0.2) is 24.3 Å².